The minimum absolute atomic E-state index is 0.0497. The van der Waals surface area contributed by atoms with E-state index in [1.165, 1.54) is 6.26 Å². The third kappa shape index (κ3) is 2.93. The average Bonchev–Trinajstić information content (AvgIpc) is 2.63. The van der Waals surface area contributed by atoms with Crippen LogP contribution in [0.25, 0.3) is 0 Å². The molecule has 5 nitrogen and oxygen atoms in total. The van der Waals surface area contributed by atoms with Gasteiger partial charge in [-0.05, 0) is 19.3 Å². The van der Waals surface area contributed by atoms with Gasteiger partial charge in [0.05, 0.1) is 17.6 Å². The summed E-state index contributed by atoms with van der Waals surface area (Å²) < 4.78 is 47.6. The predicted octanol–water partition coefficient (Wildman–Crippen LogP) is -0.0701. The second-order valence-corrected chi connectivity index (χ2v) is 7.79. The van der Waals surface area contributed by atoms with Gasteiger partial charge in [-0.2, -0.15) is 8.42 Å². The first-order chi connectivity index (χ1) is 6.16. The summed E-state index contributed by atoms with van der Waals surface area (Å²) in [7, 11) is -6.54. The Morgan fingerprint density at radius 1 is 1.14 bits per heavy atom. The first-order valence-corrected chi connectivity index (χ1v) is 7.91. The zero-order chi connectivity index (χ0) is 11.0. The fourth-order valence-electron chi connectivity index (χ4n) is 1.32. The summed E-state index contributed by atoms with van der Waals surface area (Å²) >= 11 is 0. The van der Waals surface area contributed by atoms with Crippen molar-refractivity contribution in [2.75, 3.05) is 19.1 Å². The van der Waals surface area contributed by atoms with Gasteiger partial charge in [-0.1, -0.05) is 0 Å². The van der Waals surface area contributed by atoms with Crippen LogP contribution < -0.4 is 0 Å². The van der Waals surface area contributed by atoms with Crippen molar-refractivity contribution in [1.82, 2.24) is 0 Å². The standard InChI is InChI=1S/C7H14O5S2/c1-13(8,9)7(3-4-7)5-6-12-14(2,10)11/h3-6H2,1-2H3. The van der Waals surface area contributed by atoms with Gasteiger partial charge in [-0.3, -0.25) is 4.18 Å². The van der Waals surface area contributed by atoms with Gasteiger partial charge in [0.15, 0.2) is 9.84 Å². The summed E-state index contributed by atoms with van der Waals surface area (Å²) in [5.74, 6) is 0. The highest BCUT2D eigenvalue weighted by Gasteiger charge is 2.51. The first kappa shape index (κ1) is 11.9. The lowest BCUT2D eigenvalue weighted by atomic mass is 10.3. The third-order valence-corrected chi connectivity index (χ3v) is 5.23. The second kappa shape index (κ2) is 3.46. The van der Waals surface area contributed by atoms with Crippen LogP contribution in [0.5, 0.6) is 0 Å². The Balaban J connectivity index is 2.48. The summed E-state index contributed by atoms with van der Waals surface area (Å²) in [6.45, 7) is -0.0497. The Morgan fingerprint density at radius 2 is 1.64 bits per heavy atom. The molecule has 0 aromatic carbocycles. The Morgan fingerprint density at radius 3 is 1.93 bits per heavy atom. The highest BCUT2D eigenvalue weighted by molar-refractivity contribution is 7.92. The molecule has 1 rings (SSSR count). The molecule has 0 bridgehead atoms. The van der Waals surface area contributed by atoms with Crippen molar-refractivity contribution < 1.29 is 21.0 Å². The number of rotatable bonds is 5. The monoisotopic (exact) mass is 242 g/mol. The minimum Gasteiger partial charge on any atom is -0.270 e. The molecule has 1 aliphatic carbocycles. The van der Waals surface area contributed by atoms with E-state index in [-0.39, 0.29) is 13.0 Å². The molecule has 14 heavy (non-hydrogen) atoms. The van der Waals surface area contributed by atoms with Crippen molar-refractivity contribution in [1.29, 1.82) is 0 Å². The van der Waals surface area contributed by atoms with Gasteiger partial charge in [-0.15, -0.1) is 0 Å². The fraction of sp³-hybridized carbons (Fsp3) is 1.00. The molecule has 0 aliphatic heterocycles. The van der Waals surface area contributed by atoms with E-state index in [1.807, 2.05) is 0 Å². The lowest BCUT2D eigenvalue weighted by Gasteiger charge is -2.11. The van der Waals surface area contributed by atoms with Gasteiger partial charge in [0, 0.05) is 6.26 Å². The zero-order valence-corrected chi connectivity index (χ0v) is 9.82. The normalized spacial score (nSPS) is 20.7. The summed E-state index contributed by atoms with van der Waals surface area (Å²) in [6, 6.07) is 0. The molecule has 84 valence electrons. The Hall–Kier alpha value is -0.140. The van der Waals surface area contributed by atoms with E-state index >= 15 is 0 Å². The van der Waals surface area contributed by atoms with Crippen LogP contribution >= 0.6 is 0 Å². The SMILES string of the molecule is CS(=O)(=O)OCCC1(S(C)(=O)=O)CC1. The van der Waals surface area contributed by atoms with Gasteiger partial charge in [-0.25, -0.2) is 8.42 Å². The summed E-state index contributed by atoms with van der Waals surface area (Å²) in [6.07, 6.45) is 3.62. The lowest BCUT2D eigenvalue weighted by molar-refractivity contribution is 0.310. The topological polar surface area (TPSA) is 77.5 Å². The number of sulfone groups is 1. The van der Waals surface area contributed by atoms with E-state index in [0.29, 0.717) is 12.8 Å². The number of hydrogen-bond acceptors (Lipinski definition) is 5. The third-order valence-electron chi connectivity index (χ3n) is 2.45. The minimum atomic E-state index is -3.46. The van der Waals surface area contributed by atoms with Crippen molar-refractivity contribution in [2.24, 2.45) is 0 Å². The van der Waals surface area contributed by atoms with Crippen LogP contribution in [0.15, 0.2) is 0 Å². The van der Waals surface area contributed by atoms with E-state index in [2.05, 4.69) is 4.18 Å². The Bertz CT molecular complexity index is 401. The van der Waals surface area contributed by atoms with E-state index in [1.54, 1.807) is 0 Å². The molecule has 0 N–H and O–H groups in total. The van der Waals surface area contributed by atoms with Gasteiger partial charge in [0.1, 0.15) is 0 Å². The van der Waals surface area contributed by atoms with Crippen LogP contribution in [0.4, 0.5) is 0 Å². The summed E-state index contributed by atoms with van der Waals surface area (Å²) in [5, 5.41) is 0. The van der Waals surface area contributed by atoms with Crippen molar-refractivity contribution in [3.8, 4) is 0 Å². The van der Waals surface area contributed by atoms with E-state index in [9.17, 15) is 16.8 Å². The van der Waals surface area contributed by atoms with Crippen LogP contribution in [0, 0.1) is 0 Å². The van der Waals surface area contributed by atoms with Crippen LogP contribution in [0.1, 0.15) is 19.3 Å². The maximum absolute atomic E-state index is 11.3. The molecule has 0 atom stereocenters. The highest BCUT2D eigenvalue weighted by Crippen LogP contribution is 2.46. The molecule has 1 saturated carbocycles. The van der Waals surface area contributed by atoms with Crippen molar-refractivity contribution in [3.05, 3.63) is 0 Å². The van der Waals surface area contributed by atoms with Gasteiger partial charge >= 0.3 is 0 Å². The molecule has 1 aliphatic rings. The molecule has 0 aromatic heterocycles. The Kier molecular flexibility index (Phi) is 2.95. The molecular formula is C7H14O5S2. The molecule has 0 heterocycles. The predicted molar refractivity (Wildman–Crippen MR) is 52.2 cm³/mol. The molecule has 0 unspecified atom stereocenters. The van der Waals surface area contributed by atoms with Crippen molar-refractivity contribution in [2.45, 2.75) is 24.0 Å². The fourth-order valence-corrected chi connectivity index (χ4v) is 3.01. The van der Waals surface area contributed by atoms with E-state index in [4.69, 9.17) is 0 Å². The van der Waals surface area contributed by atoms with E-state index in [0.717, 1.165) is 6.26 Å². The molecular weight excluding hydrogens is 228 g/mol. The molecule has 0 radical (unpaired) electrons. The summed E-state index contributed by atoms with van der Waals surface area (Å²) in [5.41, 5.74) is 0. The van der Waals surface area contributed by atoms with Gasteiger partial charge in [0.2, 0.25) is 0 Å². The molecule has 0 saturated heterocycles. The maximum Gasteiger partial charge on any atom is 0.264 e. The van der Waals surface area contributed by atoms with Crippen LogP contribution in [-0.4, -0.2) is 40.7 Å². The van der Waals surface area contributed by atoms with E-state index < -0.39 is 24.7 Å². The molecule has 1 fully saturated rings. The molecule has 7 heteroatoms. The molecule has 0 aromatic rings. The van der Waals surface area contributed by atoms with Gasteiger partial charge < -0.3 is 0 Å². The highest BCUT2D eigenvalue weighted by atomic mass is 32.2. The largest absolute Gasteiger partial charge is 0.270 e. The number of hydrogen-bond donors (Lipinski definition) is 0. The maximum atomic E-state index is 11.3. The Labute approximate surface area is 84.5 Å². The lowest BCUT2D eigenvalue weighted by Crippen LogP contribution is -2.24. The van der Waals surface area contributed by atoms with Crippen LogP contribution in [0.2, 0.25) is 0 Å². The van der Waals surface area contributed by atoms with Crippen molar-refractivity contribution >= 4 is 20.0 Å². The second-order valence-electron chi connectivity index (χ2n) is 3.73. The van der Waals surface area contributed by atoms with Crippen LogP contribution in [-0.2, 0) is 24.1 Å². The van der Waals surface area contributed by atoms with Gasteiger partial charge in [0.25, 0.3) is 10.1 Å². The van der Waals surface area contributed by atoms with Crippen LogP contribution in [0.3, 0.4) is 0 Å². The molecule has 0 amide bonds. The average molecular weight is 242 g/mol. The summed E-state index contributed by atoms with van der Waals surface area (Å²) in [4.78, 5) is 0. The van der Waals surface area contributed by atoms with Crippen molar-refractivity contribution in [3.63, 3.8) is 0 Å². The smallest absolute Gasteiger partial charge is 0.264 e. The molecule has 0 spiro atoms. The quantitative estimate of drug-likeness (QED) is 0.631. The first-order valence-electron chi connectivity index (χ1n) is 4.20. The zero-order valence-electron chi connectivity index (χ0n) is 8.19.